The Balaban J connectivity index is 2.59. The van der Waals surface area contributed by atoms with Crippen LogP contribution in [0.15, 0.2) is 36.4 Å². The van der Waals surface area contributed by atoms with Gasteiger partial charge in [0.25, 0.3) is 0 Å². The average molecular weight is 304 g/mol. The molecule has 89 valence electrons. The summed E-state index contributed by atoms with van der Waals surface area (Å²) in [6, 6.07) is 9.66. The third-order valence-corrected chi connectivity index (χ3v) is 4.05. The van der Waals surface area contributed by atoms with Crippen LogP contribution in [-0.4, -0.2) is 20.0 Å². The van der Waals surface area contributed by atoms with Gasteiger partial charge in [0.05, 0.1) is 0 Å². The normalized spacial score (nSPS) is 12.0. The summed E-state index contributed by atoms with van der Waals surface area (Å²) < 4.78 is 37.5. The van der Waals surface area contributed by atoms with Gasteiger partial charge in [0.15, 0.2) is 0 Å². The molecule has 5 heteroatoms. The van der Waals surface area contributed by atoms with Gasteiger partial charge in [-0.05, 0) is 0 Å². The van der Waals surface area contributed by atoms with Gasteiger partial charge < -0.3 is 0 Å². The van der Waals surface area contributed by atoms with Crippen molar-refractivity contribution in [3.05, 3.63) is 42.0 Å². The fraction of sp³-hybridized carbons (Fsp3) is 0.167. The zero-order valence-corrected chi connectivity index (χ0v) is 10.3. The van der Waals surface area contributed by atoms with Crippen LogP contribution in [0.4, 0.5) is 13.2 Å². The van der Waals surface area contributed by atoms with Crippen molar-refractivity contribution < 1.29 is 18.3 Å². The Morgan fingerprint density at radius 2 is 1.65 bits per heavy atom. The second-order valence-electron chi connectivity index (χ2n) is 3.46. The van der Waals surface area contributed by atoms with Crippen LogP contribution in [0.2, 0.25) is 0 Å². The van der Waals surface area contributed by atoms with E-state index in [2.05, 4.69) is 0 Å². The van der Waals surface area contributed by atoms with E-state index in [-0.39, 0.29) is 4.46 Å². The quantitative estimate of drug-likeness (QED) is 0.760. The number of halogens is 3. The van der Waals surface area contributed by atoms with Gasteiger partial charge in [-0.15, -0.1) is 0 Å². The van der Waals surface area contributed by atoms with Crippen LogP contribution in [0.5, 0.6) is 0 Å². The molecular weight excluding hydrogens is 296 g/mol. The van der Waals surface area contributed by atoms with Crippen molar-refractivity contribution in [3.63, 3.8) is 0 Å². The van der Waals surface area contributed by atoms with Crippen molar-refractivity contribution in [1.29, 1.82) is 0 Å². The van der Waals surface area contributed by atoms with E-state index in [1.807, 2.05) is 0 Å². The topological polar surface area (TPSA) is 19.9 Å². The van der Waals surface area contributed by atoms with E-state index in [1.165, 1.54) is 12.1 Å². The molecule has 0 atom stereocenters. The van der Waals surface area contributed by atoms with Crippen LogP contribution in [0, 0.1) is 0 Å². The van der Waals surface area contributed by atoms with Crippen LogP contribution < -0.4 is 4.46 Å². The van der Waals surface area contributed by atoms with Gasteiger partial charge in [-0.3, -0.25) is 0 Å². The van der Waals surface area contributed by atoms with Gasteiger partial charge in [-0.1, -0.05) is 0 Å². The van der Waals surface area contributed by atoms with E-state index in [9.17, 15) is 18.3 Å². The van der Waals surface area contributed by atoms with Gasteiger partial charge in [0.1, 0.15) is 0 Å². The standard InChI is InChI=1S/C12H8F3OSe/c13-12(14,15)17-11-6-5-8(7-16)9-3-1-2-4-10(9)11/h1-6H,7H2. The van der Waals surface area contributed by atoms with Crippen LogP contribution in [-0.2, 0) is 11.7 Å². The van der Waals surface area contributed by atoms with Crippen molar-refractivity contribution in [1.82, 2.24) is 0 Å². The number of hydrogen-bond acceptors (Lipinski definition) is 0. The summed E-state index contributed by atoms with van der Waals surface area (Å²) in [6.45, 7) is -0.417. The van der Waals surface area contributed by atoms with E-state index in [0.717, 1.165) is 0 Å². The first kappa shape index (κ1) is 12.4. The van der Waals surface area contributed by atoms with E-state index in [4.69, 9.17) is 0 Å². The van der Waals surface area contributed by atoms with Gasteiger partial charge >= 0.3 is 102 Å². The van der Waals surface area contributed by atoms with Crippen LogP contribution in [0.3, 0.4) is 0 Å². The second kappa shape index (κ2) is 4.69. The molecule has 0 aliphatic heterocycles. The zero-order chi connectivity index (χ0) is 12.5. The van der Waals surface area contributed by atoms with Crippen molar-refractivity contribution in [3.8, 4) is 0 Å². The number of fused-ring (bicyclic) bond motifs is 1. The number of alkyl halides is 3. The van der Waals surface area contributed by atoms with Crippen LogP contribution in [0.1, 0.15) is 5.56 Å². The third-order valence-electron chi connectivity index (χ3n) is 2.36. The molecule has 0 aliphatic carbocycles. The summed E-state index contributed by atoms with van der Waals surface area (Å²) in [4.78, 5) is 0. The minimum atomic E-state index is -4.17. The molecule has 2 rings (SSSR count). The molecule has 0 saturated heterocycles. The summed E-state index contributed by atoms with van der Waals surface area (Å²) in [6.07, 6.45) is 0. The van der Waals surface area contributed by atoms with Gasteiger partial charge in [-0.2, -0.15) is 0 Å². The minimum absolute atomic E-state index is 0.276. The first-order valence-corrected chi connectivity index (χ1v) is 6.57. The maximum absolute atomic E-state index is 12.4. The van der Waals surface area contributed by atoms with Crippen molar-refractivity contribution in [2.24, 2.45) is 0 Å². The fourth-order valence-corrected chi connectivity index (χ4v) is 3.09. The monoisotopic (exact) mass is 305 g/mol. The molecular formula is C12H8F3OSe. The molecule has 0 aromatic heterocycles. The van der Waals surface area contributed by atoms with E-state index < -0.39 is 26.6 Å². The molecule has 17 heavy (non-hydrogen) atoms. The van der Waals surface area contributed by atoms with Crippen LogP contribution >= 0.6 is 0 Å². The fourth-order valence-electron chi connectivity index (χ4n) is 1.67. The Bertz CT molecular complexity index is 537. The zero-order valence-electron chi connectivity index (χ0n) is 8.62. The first-order valence-electron chi connectivity index (χ1n) is 4.86. The maximum atomic E-state index is 12.4. The molecule has 0 amide bonds. The Morgan fingerprint density at radius 3 is 2.24 bits per heavy atom. The Labute approximate surface area is 102 Å². The summed E-state index contributed by atoms with van der Waals surface area (Å²) in [7, 11) is 0. The molecule has 0 aliphatic rings. The summed E-state index contributed by atoms with van der Waals surface area (Å²) >= 11 is -1.58. The summed E-state index contributed by atoms with van der Waals surface area (Å²) in [5, 5.41) is 7.92. The second-order valence-corrected chi connectivity index (χ2v) is 5.78. The molecule has 0 unspecified atom stereocenters. The summed E-state index contributed by atoms with van der Waals surface area (Å²) in [5.74, 6) is 0. The van der Waals surface area contributed by atoms with Gasteiger partial charge in [0.2, 0.25) is 0 Å². The number of rotatable bonds is 2. The Morgan fingerprint density at radius 1 is 1.00 bits per heavy atom. The SMILES string of the molecule is [O]Cc1ccc([Se]C(F)(F)F)c2ccccc12. The van der Waals surface area contributed by atoms with Crippen molar-refractivity contribution in [2.75, 3.05) is 0 Å². The first-order chi connectivity index (χ1) is 8.01. The number of hydrogen-bond donors (Lipinski definition) is 0. The molecule has 1 nitrogen and oxygen atoms in total. The molecule has 2 aromatic carbocycles. The summed E-state index contributed by atoms with van der Waals surface area (Å²) in [5.41, 5.74) is 0.544. The third kappa shape index (κ3) is 2.80. The van der Waals surface area contributed by atoms with E-state index in [0.29, 0.717) is 16.3 Å². The van der Waals surface area contributed by atoms with Crippen molar-refractivity contribution >= 4 is 30.2 Å². The van der Waals surface area contributed by atoms with Crippen LogP contribution in [0.25, 0.3) is 10.8 Å². The molecule has 0 spiro atoms. The molecule has 0 fully saturated rings. The molecule has 0 bridgehead atoms. The van der Waals surface area contributed by atoms with Gasteiger partial charge in [0, 0.05) is 0 Å². The van der Waals surface area contributed by atoms with E-state index >= 15 is 0 Å². The molecule has 2 aromatic rings. The predicted molar refractivity (Wildman–Crippen MR) is 59.8 cm³/mol. The molecule has 0 N–H and O–H groups in total. The predicted octanol–water partition coefficient (Wildman–Crippen LogP) is 2.62. The van der Waals surface area contributed by atoms with Gasteiger partial charge in [-0.25, -0.2) is 0 Å². The molecule has 1 radical (unpaired) electrons. The van der Waals surface area contributed by atoms with Crippen molar-refractivity contribution in [2.45, 2.75) is 11.7 Å². The molecule has 0 saturated carbocycles. The Hall–Kier alpha value is -1.03. The average Bonchev–Trinajstić information content (AvgIpc) is 2.28. The number of benzene rings is 2. The molecule has 0 heterocycles. The van der Waals surface area contributed by atoms with E-state index in [1.54, 1.807) is 24.3 Å². The Kier molecular flexibility index (Phi) is 3.43.